The van der Waals surface area contributed by atoms with Gasteiger partial charge in [0.25, 0.3) is 0 Å². The molecule has 3 unspecified atom stereocenters. The summed E-state index contributed by atoms with van der Waals surface area (Å²) in [5.74, 6) is 2.42. The molecule has 110 valence electrons. The molecule has 1 heterocycles. The number of hydrogen-bond acceptors (Lipinski definition) is 2. The predicted molar refractivity (Wildman–Crippen MR) is 80.2 cm³/mol. The molecule has 1 aliphatic heterocycles. The molecule has 0 spiro atoms. The highest BCUT2D eigenvalue weighted by atomic mass is 16.1. The monoisotopic (exact) mass is 265 g/mol. The Morgan fingerprint density at radius 2 is 2.11 bits per heavy atom. The normalized spacial score (nSPS) is 33.3. The molecule has 3 atom stereocenters. The van der Waals surface area contributed by atoms with E-state index in [-0.39, 0.29) is 0 Å². The second-order valence-corrected chi connectivity index (χ2v) is 7.04. The highest BCUT2D eigenvalue weighted by Gasteiger charge is 2.34. The molecule has 0 N–H and O–H groups in total. The van der Waals surface area contributed by atoms with Gasteiger partial charge in [0.05, 0.1) is 0 Å². The lowest BCUT2D eigenvalue weighted by molar-refractivity contribution is -0.126. The van der Waals surface area contributed by atoms with Gasteiger partial charge in [0.1, 0.15) is 5.78 Å². The molecule has 0 radical (unpaired) electrons. The third kappa shape index (κ3) is 3.81. The zero-order chi connectivity index (χ0) is 13.8. The summed E-state index contributed by atoms with van der Waals surface area (Å²) in [6.07, 6.45) is 8.39. The predicted octanol–water partition coefficient (Wildman–Crippen LogP) is 3.89. The van der Waals surface area contributed by atoms with Crippen molar-refractivity contribution in [2.24, 2.45) is 17.8 Å². The fourth-order valence-corrected chi connectivity index (χ4v) is 4.17. The van der Waals surface area contributed by atoms with E-state index < -0.39 is 0 Å². The zero-order valence-electron chi connectivity index (χ0n) is 13.0. The van der Waals surface area contributed by atoms with Gasteiger partial charge in [-0.25, -0.2) is 0 Å². The van der Waals surface area contributed by atoms with Crippen LogP contribution in [0.3, 0.4) is 0 Å². The number of likely N-dealkylation sites (tertiary alicyclic amines) is 1. The lowest BCUT2D eigenvalue weighted by Gasteiger charge is -2.34. The third-order valence-corrected chi connectivity index (χ3v) is 5.21. The molecule has 0 bridgehead atoms. The number of carbonyl (C=O) groups is 1. The van der Waals surface area contributed by atoms with Crippen molar-refractivity contribution >= 4 is 5.78 Å². The van der Waals surface area contributed by atoms with E-state index in [1.807, 2.05) is 0 Å². The topological polar surface area (TPSA) is 20.3 Å². The van der Waals surface area contributed by atoms with E-state index in [1.165, 1.54) is 32.2 Å². The van der Waals surface area contributed by atoms with Crippen molar-refractivity contribution in [2.45, 2.75) is 71.8 Å². The van der Waals surface area contributed by atoms with Crippen molar-refractivity contribution < 1.29 is 4.79 Å². The molecule has 0 aromatic rings. The molecule has 0 aromatic heterocycles. The number of nitrogens with zero attached hydrogens (tertiary/aromatic N) is 1. The molecule has 1 saturated heterocycles. The van der Waals surface area contributed by atoms with Crippen LogP contribution in [0.4, 0.5) is 0 Å². The van der Waals surface area contributed by atoms with Crippen LogP contribution in [0.5, 0.6) is 0 Å². The number of hydrogen-bond donors (Lipinski definition) is 0. The maximum atomic E-state index is 12.2. The summed E-state index contributed by atoms with van der Waals surface area (Å²) in [6, 6.07) is 0.722. The minimum absolute atomic E-state index is 0.338. The van der Waals surface area contributed by atoms with Gasteiger partial charge in [-0.05, 0) is 44.1 Å². The van der Waals surface area contributed by atoms with Crippen LogP contribution in [0, 0.1) is 17.8 Å². The van der Waals surface area contributed by atoms with Gasteiger partial charge in [-0.1, -0.05) is 33.6 Å². The summed E-state index contributed by atoms with van der Waals surface area (Å²) in [5, 5.41) is 0. The summed E-state index contributed by atoms with van der Waals surface area (Å²) >= 11 is 0. The molecule has 2 aliphatic rings. The highest BCUT2D eigenvalue weighted by Crippen LogP contribution is 2.32. The molecule has 2 heteroatoms. The fraction of sp³-hybridized carbons (Fsp3) is 0.941. The molecule has 2 rings (SSSR count). The second kappa shape index (κ2) is 6.88. The minimum Gasteiger partial charge on any atom is -0.299 e. The summed E-state index contributed by atoms with van der Waals surface area (Å²) in [7, 11) is 0. The molecule has 2 nitrogen and oxygen atoms in total. The summed E-state index contributed by atoms with van der Waals surface area (Å²) in [6.45, 7) is 9.17. The molecular weight excluding hydrogens is 234 g/mol. The van der Waals surface area contributed by atoms with Crippen molar-refractivity contribution in [3.05, 3.63) is 0 Å². The van der Waals surface area contributed by atoms with Gasteiger partial charge in [0, 0.05) is 24.9 Å². The van der Waals surface area contributed by atoms with E-state index in [2.05, 4.69) is 25.7 Å². The van der Waals surface area contributed by atoms with Gasteiger partial charge in [0.15, 0.2) is 0 Å². The molecule has 0 aromatic carbocycles. The van der Waals surface area contributed by atoms with Crippen LogP contribution in [-0.2, 0) is 4.79 Å². The number of ketones is 1. The smallest absolute Gasteiger partial charge is 0.137 e. The van der Waals surface area contributed by atoms with Gasteiger partial charge in [-0.15, -0.1) is 0 Å². The third-order valence-electron chi connectivity index (χ3n) is 5.21. The van der Waals surface area contributed by atoms with Crippen molar-refractivity contribution in [2.75, 3.05) is 13.1 Å². The first-order valence-electron chi connectivity index (χ1n) is 8.38. The average molecular weight is 265 g/mol. The Labute approximate surface area is 118 Å². The number of Topliss-reactive ketones (excluding diaryl/α,β-unsaturated/α-hetero) is 1. The molecule has 2 fully saturated rings. The Hall–Kier alpha value is -0.370. The Bertz CT molecular complexity index is 300. The molecule has 1 saturated carbocycles. The minimum atomic E-state index is 0.338. The summed E-state index contributed by atoms with van der Waals surface area (Å²) in [5.41, 5.74) is 0. The quantitative estimate of drug-likeness (QED) is 0.751. The summed E-state index contributed by atoms with van der Waals surface area (Å²) in [4.78, 5) is 14.8. The van der Waals surface area contributed by atoms with Crippen LogP contribution in [0.2, 0.25) is 0 Å². The number of carbonyl (C=O) groups excluding carboxylic acids is 1. The van der Waals surface area contributed by atoms with Crippen molar-refractivity contribution in [3.63, 3.8) is 0 Å². The van der Waals surface area contributed by atoms with E-state index in [4.69, 9.17) is 0 Å². The number of rotatable bonds is 5. The van der Waals surface area contributed by atoms with Crippen molar-refractivity contribution in [3.8, 4) is 0 Å². The van der Waals surface area contributed by atoms with Gasteiger partial charge < -0.3 is 0 Å². The van der Waals surface area contributed by atoms with Crippen LogP contribution in [0.1, 0.15) is 65.7 Å². The lowest BCUT2D eigenvalue weighted by atomic mass is 9.78. The zero-order valence-corrected chi connectivity index (χ0v) is 13.0. The van der Waals surface area contributed by atoms with E-state index in [0.717, 1.165) is 43.7 Å². The van der Waals surface area contributed by atoms with E-state index >= 15 is 0 Å². The van der Waals surface area contributed by atoms with E-state index in [1.54, 1.807) is 0 Å². The average Bonchev–Trinajstić information content (AvgIpc) is 2.82. The Kier molecular flexibility index (Phi) is 5.44. The molecular formula is C17H31NO. The highest BCUT2D eigenvalue weighted by molar-refractivity contribution is 5.82. The van der Waals surface area contributed by atoms with Crippen molar-refractivity contribution in [1.29, 1.82) is 0 Å². The second-order valence-electron chi connectivity index (χ2n) is 7.04. The summed E-state index contributed by atoms with van der Waals surface area (Å²) < 4.78 is 0. The lowest BCUT2D eigenvalue weighted by Crippen LogP contribution is -2.41. The molecule has 0 amide bonds. The van der Waals surface area contributed by atoms with Crippen LogP contribution in [-0.4, -0.2) is 29.8 Å². The Morgan fingerprint density at radius 1 is 1.32 bits per heavy atom. The first kappa shape index (κ1) is 15.0. The first-order valence-corrected chi connectivity index (χ1v) is 8.38. The van der Waals surface area contributed by atoms with Gasteiger partial charge in [-0.2, -0.15) is 0 Å². The Morgan fingerprint density at radius 3 is 2.79 bits per heavy atom. The van der Waals surface area contributed by atoms with Gasteiger partial charge in [-0.3, -0.25) is 9.69 Å². The molecule has 19 heavy (non-hydrogen) atoms. The first-order chi connectivity index (χ1) is 9.11. The fourth-order valence-electron chi connectivity index (χ4n) is 4.17. The van der Waals surface area contributed by atoms with Crippen molar-refractivity contribution in [1.82, 2.24) is 4.90 Å². The maximum absolute atomic E-state index is 12.2. The maximum Gasteiger partial charge on any atom is 0.137 e. The van der Waals surface area contributed by atoms with E-state index in [0.29, 0.717) is 11.7 Å². The van der Waals surface area contributed by atoms with Crippen LogP contribution < -0.4 is 0 Å². The SMILES string of the molecule is CCCC1CCC(=O)C(CN2CCCC2C(C)C)C1. The van der Waals surface area contributed by atoms with Crippen LogP contribution in [0.25, 0.3) is 0 Å². The van der Waals surface area contributed by atoms with Crippen LogP contribution >= 0.6 is 0 Å². The van der Waals surface area contributed by atoms with Crippen LogP contribution in [0.15, 0.2) is 0 Å². The van der Waals surface area contributed by atoms with Gasteiger partial charge in [0.2, 0.25) is 0 Å². The molecule has 1 aliphatic carbocycles. The Balaban J connectivity index is 1.91. The van der Waals surface area contributed by atoms with E-state index in [9.17, 15) is 4.79 Å². The standard InChI is InChI=1S/C17H31NO/c1-4-6-14-8-9-17(19)15(11-14)12-18-10-5-7-16(18)13(2)3/h13-16H,4-12H2,1-3H3. The van der Waals surface area contributed by atoms with Gasteiger partial charge >= 0.3 is 0 Å². The largest absolute Gasteiger partial charge is 0.299 e.